The minimum Gasteiger partial charge on any atom is -0.493 e. The highest BCUT2D eigenvalue weighted by Crippen LogP contribution is 2.38. The summed E-state index contributed by atoms with van der Waals surface area (Å²) >= 11 is 0. The van der Waals surface area contributed by atoms with E-state index in [9.17, 15) is 9.59 Å². The Balaban J connectivity index is 2.18. The lowest BCUT2D eigenvalue weighted by molar-refractivity contribution is -0.111. The van der Waals surface area contributed by atoms with Gasteiger partial charge in [-0.3, -0.25) is 9.59 Å². The molecule has 7 nitrogen and oxygen atoms in total. The molecule has 2 amide bonds. The third kappa shape index (κ3) is 5.75. The molecule has 2 aromatic carbocycles. The number of benzene rings is 2. The van der Waals surface area contributed by atoms with Crippen LogP contribution in [-0.4, -0.2) is 39.7 Å². The molecule has 2 rings (SSSR count). The molecule has 0 aliphatic carbocycles. The van der Waals surface area contributed by atoms with E-state index < -0.39 is 0 Å². The number of methoxy groups -OCH3 is 3. The molecule has 0 aromatic heterocycles. The Morgan fingerprint density at radius 3 is 2.24 bits per heavy atom. The Kier molecular flexibility index (Phi) is 8.09. The first-order valence-corrected chi connectivity index (χ1v) is 9.20. The first-order valence-electron chi connectivity index (χ1n) is 9.20. The summed E-state index contributed by atoms with van der Waals surface area (Å²) in [5, 5.41) is 5.55. The molecule has 0 radical (unpaired) electrons. The molecule has 0 spiro atoms. The maximum absolute atomic E-state index is 12.4. The summed E-state index contributed by atoms with van der Waals surface area (Å²) in [4.78, 5) is 24.7. The van der Waals surface area contributed by atoms with Gasteiger partial charge >= 0.3 is 0 Å². The van der Waals surface area contributed by atoms with Crippen molar-refractivity contribution < 1.29 is 23.8 Å². The average molecular weight is 398 g/mol. The molecule has 0 unspecified atom stereocenters. The zero-order valence-corrected chi connectivity index (χ0v) is 17.1. The van der Waals surface area contributed by atoms with Crippen molar-refractivity contribution in [2.45, 2.75) is 13.3 Å². The van der Waals surface area contributed by atoms with Gasteiger partial charge in [-0.1, -0.05) is 19.1 Å². The summed E-state index contributed by atoms with van der Waals surface area (Å²) in [7, 11) is 4.58. The first-order chi connectivity index (χ1) is 14.0. The van der Waals surface area contributed by atoms with E-state index in [4.69, 9.17) is 14.2 Å². The molecule has 29 heavy (non-hydrogen) atoms. The van der Waals surface area contributed by atoms with Crippen LogP contribution in [0.4, 0.5) is 5.69 Å². The number of para-hydroxylation sites is 1. The van der Waals surface area contributed by atoms with Gasteiger partial charge in [0.05, 0.1) is 32.6 Å². The summed E-state index contributed by atoms with van der Waals surface area (Å²) in [6.07, 6.45) is 3.83. The lowest BCUT2D eigenvalue weighted by Crippen LogP contribution is -2.25. The maximum atomic E-state index is 12.4. The van der Waals surface area contributed by atoms with E-state index in [1.807, 2.05) is 6.92 Å². The topological polar surface area (TPSA) is 85.9 Å². The zero-order chi connectivity index (χ0) is 21.2. The highest BCUT2D eigenvalue weighted by molar-refractivity contribution is 6.07. The van der Waals surface area contributed by atoms with Gasteiger partial charge in [-0.2, -0.15) is 0 Å². The van der Waals surface area contributed by atoms with Gasteiger partial charge < -0.3 is 24.8 Å². The standard InChI is InChI=1S/C22H26N2O5/c1-5-12-23-22(26)16-8-6-7-9-17(16)24-20(25)11-10-15-13-18(27-2)21(29-4)19(14-15)28-3/h6-11,13-14H,5,12H2,1-4H3,(H,23,26)(H,24,25)/b11-10+. The van der Waals surface area contributed by atoms with Crippen LogP contribution in [-0.2, 0) is 4.79 Å². The van der Waals surface area contributed by atoms with Crippen molar-refractivity contribution in [2.75, 3.05) is 33.2 Å². The van der Waals surface area contributed by atoms with Crippen molar-refractivity contribution >= 4 is 23.6 Å². The summed E-state index contributed by atoms with van der Waals surface area (Å²) in [6.45, 7) is 2.55. The molecule has 7 heteroatoms. The van der Waals surface area contributed by atoms with E-state index in [0.29, 0.717) is 40.6 Å². The minimum atomic E-state index is -0.366. The smallest absolute Gasteiger partial charge is 0.253 e. The molecule has 154 valence electrons. The van der Waals surface area contributed by atoms with Crippen molar-refractivity contribution in [2.24, 2.45) is 0 Å². The normalized spacial score (nSPS) is 10.5. The Bertz CT molecular complexity index is 868. The number of rotatable bonds is 9. The van der Waals surface area contributed by atoms with Crippen molar-refractivity contribution in [1.29, 1.82) is 0 Å². The summed E-state index contributed by atoms with van der Waals surface area (Å²) in [5.41, 5.74) is 1.56. The lowest BCUT2D eigenvalue weighted by atomic mass is 10.1. The number of carbonyl (C=O) groups is 2. The molecule has 0 atom stereocenters. The van der Waals surface area contributed by atoms with Gasteiger partial charge in [0, 0.05) is 12.6 Å². The number of nitrogens with one attached hydrogen (secondary N) is 2. The number of ether oxygens (including phenoxy) is 3. The van der Waals surface area contributed by atoms with E-state index in [2.05, 4.69) is 10.6 Å². The highest BCUT2D eigenvalue weighted by Gasteiger charge is 2.13. The van der Waals surface area contributed by atoms with Gasteiger partial charge in [-0.25, -0.2) is 0 Å². The molecule has 2 aromatic rings. The predicted octanol–water partition coefficient (Wildman–Crippen LogP) is 3.50. The Labute approximate surface area is 170 Å². The molecular formula is C22H26N2O5. The second kappa shape index (κ2) is 10.8. The molecule has 0 bridgehead atoms. The molecule has 0 fully saturated rings. The fourth-order valence-electron chi connectivity index (χ4n) is 2.67. The minimum absolute atomic E-state index is 0.226. The molecule has 0 saturated carbocycles. The van der Waals surface area contributed by atoms with Gasteiger partial charge in [0.25, 0.3) is 5.91 Å². The first kappa shape index (κ1) is 21.8. The summed E-state index contributed by atoms with van der Waals surface area (Å²) in [5.74, 6) is 0.865. The van der Waals surface area contributed by atoms with E-state index in [0.717, 1.165) is 6.42 Å². The zero-order valence-electron chi connectivity index (χ0n) is 17.1. The van der Waals surface area contributed by atoms with Crippen LogP contribution in [0.1, 0.15) is 29.3 Å². The second-order valence-corrected chi connectivity index (χ2v) is 6.08. The van der Waals surface area contributed by atoms with Crippen LogP contribution in [0.2, 0.25) is 0 Å². The number of carbonyl (C=O) groups excluding carboxylic acids is 2. The fourth-order valence-corrected chi connectivity index (χ4v) is 2.67. The maximum Gasteiger partial charge on any atom is 0.253 e. The number of hydrogen-bond donors (Lipinski definition) is 2. The van der Waals surface area contributed by atoms with Crippen LogP contribution in [0.3, 0.4) is 0 Å². The molecular weight excluding hydrogens is 372 g/mol. The third-order valence-electron chi connectivity index (χ3n) is 4.08. The molecule has 2 N–H and O–H groups in total. The Morgan fingerprint density at radius 2 is 1.66 bits per heavy atom. The van der Waals surface area contributed by atoms with E-state index in [1.165, 1.54) is 27.4 Å². The summed E-state index contributed by atoms with van der Waals surface area (Å²) in [6, 6.07) is 10.3. The quantitative estimate of drug-likeness (QED) is 0.632. The van der Waals surface area contributed by atoms with Gasteiger partial charge in [-0.15, -0.1) is 0 Å². The van der Waals surface area contributed by atoms with Crippen LogP contribution in [0.5, 0.6) is 17.2 Å². The van der Waals surface area contributed by atoms with Crippen LogP contribution < -0.4 is 24.8 Å². The Morgan fingerprint density at radius 1 is 1.00 bits per heavy atom. The fraction of sp³-hybridized carbons (Fsp3) is 0.273. The average Bonchev–Trinajstić information content (AvgIpc) is 2.75. The van der Waals surface area contributed by atoms with Gasteiger partial charge in [0.15, 0.2) is 11.5 Å². The number of anilines is 1. The predicted molar refractivity (Wildman–Crippen MR) is 113 cm³/mol. The summed E-state index contributed by atoms with van der Waals surface area (Å²) < 4.78 is 15.9. The van der Waals surface area contributed by atoms with E-state index in [-0.39, 0.29) is 11.8 Å². The van der Waals surface area contributed by atoms with Crippen molar-refractivity contribution in [3.05, 3.63) is 53.6 Å². The van der Waals surface area contributed by atoms with Crippen molar-refractivity contribution in [3.63, 3.8) is 0 Å². The van der Waals surface area contributed by atoms with Gasteiger partial charge in [-0.05, 0) is 42.3 Å². The lowest BCUT2D eigenvalue weighted by Gasteiger charge is -2.13. The van der Waals surface area contributed by atoms with E-state index in [1.54, 1.807) is 42.5 Å². The largest absolute Gasteiger partial charge is 0.493 e. The van der Waals surface area contributed by atoms with Crippen LogP contribution >= 0.6 is 0 Å². The van der Waals surface area contributed by atoms with Crippen LogP contribution in [0, 0.1) is 0 Å². The monoisotopic (exact) mass is 398 g/mol. The van der Waals surface area contributed by atoms with Crippen LogP contribution in [0.25, 0.3) is 6.08 Å². The second-order valence-electron chi connectivity index (χ2n) is 6.08. The molecule has 0 heterocycles. The number of amides is 2. The molecule has 0 saturated heterocycles. The highest BCUT2D eigenvalue weighted by atomic mass is 16.5. The molecule has 0 aliphatic rings. The van der Waals surface area contributed by atoms with E-state index >= 15 is 0 Å². The Hall–Kier alpha value is -3.48. The van der Waals surface area contributed by atoms with Gasteiger partial charge in [0.2, 0.25) is 11.7 Å². The third-order valence-corrected chi connectivity index (χ3v) is 4.08. The van der Waals surface area contributed by atoms with Crippen molar-refractivity contribution in [3.8, 4) is 17.2 Å². The van der Waals surface area contributed by atoms with Crippen molar-refractivity contribution in [1.82, 2.24) is 5.32 Å². The SMILES string of the molecule is CCCNC(=O)c1ccccc1NC(=O)/C=C/c1cc(OC)c(OC)c(OC)c1. The van der Waals surface area contributed by atoms with Gasteiger partial charge in [0.1, 0.15) is 0 Å². The van der Waals surface area contributed by atoms with Crippen LogP contribution in [0.15, 0.2) is 42.5 Å². The number of hydrogen-bond acceptors (Lipinski definition) is 5. The molecule has 0 aliphatic heterocycles.